The van der Waals surface area contributed by atoms with Crippen LogP contribution >= 0.6 is 23.4 Å². The number of aryl methyl sites for hydroxylation is 1. The summed E-state index contributed by atoms with van der Waals surface area (Å²) in [4.78, 5) is 2.29. The molecule has 0 N–H and O–H groups in total. The van der Waals surface area contributed by atoms with E-state index in [1.165, 1.54) is 63.5 Å². The van der Waals surface area contributed by atoms with Crippen LogP contribution in [0.5, 0.6) is 0 Å². The third-order valence-corrected chi connectivity index (χ3v) is 16.1. The molecule has 46 heavy (non-hydrogen) atoms. The summed E-state index contributed by atoms with van der Waals surface area (Å²) in [6.45, 7) is 2.17. The summed E-state index contributed by atoms with van der Waals surface area (Å²) in [6, 6.07) is 62.3. The summed E-state index contributed by atoms with van der Waals surface area (Å²) in [5, 5.41) is 13.6. The molecule has 0 saturated carbocycles. The third-order valence-electron chi connectivity index (χ3n) is 9.26. The fraction of sp³-hybridized carbons (Fsp3) is 0.0233. The lowest BCUT2D eigenvalue weighted by molar-refractivity contribution is 1.29. The summed E-state index contributed by atoms with van der Waals surface area (Å²) in [5.74, 6) is 0. The zero-order chi connectivity index (χ0) is 31.1. The van der Waals surface area contributed by atoms with E-state index < -0.39 is 8.07 Å². The summed E-state index contributed by atoms with van der Waals surface area (Å²) in [7, 11) is -3.15. The molecule has 0 amide bonds. The predicted octanol–water partition coefficient (Wildman–Crippen LogP) is 9.64. The Morgan fingerprint density at radius 2 is 0.761 bits per heavy atom. The molecule has 3 heteroatoms. The molecule has 8 rings (SSSR count). The molecule has 220 valence electrons. The van der Waals surface area contributed by atoms with Crippen LogP contribution in [-0.4, -0.2) is 8.07 Å². The fourth-order valence-electron chi connectivity index (χ4n) is 7.20. The van der Waals surface area contributed by atoms with Gasteiger partial charge in [0.2, 0.25) is 0 Å². The van der Waals surface area contributed by atoms with E-state index in [9.17, 15) is 0 Å². The molecule has 0 aromatic heterocycles. The van der Waals surface area contributed by atoms with Crippen molar-refractivity contribution in [1.82, 2.24) is 0 Å². The highest BCUT2D eigenvalue weighted by Gasteiger charge is 2.46. The smallest absolute Gasteiger partial charge is 0.0883 e. The van der Waals surface area contributed by atoms with Gasteiger partial charge in [-0.3, -0.25) is 0 Å². The van der Waals surface area contributed by atoms with Crippen LogP contribution in [0.2, 0.25) is 5.02 Å². The van der Waals surface area contributed by atoms with Gasteiger partial charge in [-0.05, 0) is 77.7 Å². The first-order chi connectivity index (χ1) is 22.7. The van der Waals surface area contributed by atoms with Crippen molar-refractivity contribution in [1.29, 1.82) is 0 Å². The molecule has 8 aromatic carbocycles. The van der Waals surface area contributed by atoms with E-state index >= 15 is 0 Å². The van der Waals surface area contributed by atoms with Crippen molar-refractivity contribution in [2.24, 2.45) is 0 Å². The van der Waals surface area contributed by atoms with Gasteiger partial charge in [-0.25, -0.2) is 0 Å². The molecule has 0 unspecified atom stereocenters. The van der Waals surface area contributed by atoms with Crippen LogP contribution in [0.4, 0.5) is 0 Å². The van der Waals surface area contributed by atoms with Gasteiger partial charge in [0.1, 0.15) is 0 Å². The molecule has 0 heterocycles. The van der Waals surface area contributed by atoms with Crippen LogP contribution in [0.15, 0.2) is 180 Å². The molecular formula is C43H31ClSSi. The Labute approximate surface area is 280 Å². The van der Waals surface area contributed by atoms with Crippen molar-refractivity contribution < 1.29 is 0 Å². The van der Waals surface area contributed by atoms with Gasteiger partial charge in [0.15, 0.2) is 8.07 Å². The monoisotopic (exact) mass is 642 g/mol. The van der Waals surface area contributed by atoms with Gasteiger partial charge >= 0.3 is 0 Å². The Kier molecular flexibility index (Phi) is 7.50. The maximum absolute atomic E-state index is 7.81. The lowest BCUT2D eigenvalue weighted by Crippen LogP contribution is -2.75. The first-order valence-electron chi connectivity index (χ1n) is 15.6. The summed E-state index contributed by atoms with van der Waals surface area (Å²) in [6.07, 6.45) is 0. The summed E-state index contributed by atoms with van der Waals surface area (Å²) < 4.78 is 0. The van der Waals surface area contributed by atoms with E-state index in [2.05, 4.69) is 177 Å². The van der Waals surface area contributed by atoms with Gasteiger partial charge in [0.25, 0.3) is 0 Å². The van der Waals surface area contributed by atoms with Gasteiger partial charge in [-0.2, -0.15) is 0 Å². The maximum Gasteiger partial charge on any atom is 0.183 e. The predicted molar refractivity (Wildman–Crippen MR) is 203 cm³/mol. The van der Waals surface area contributed by atoms with Crippen LogP contribution in [0.1, 0.15) is 5.56 Å². The molecule has 0 fully saturated rings. The zero-order valence-corrected chi connectivity index (χ0v) is 28.0. The Balaban J connectivity index is 1.59. The lowest BCUT2D eigenvalue weighted by atomic mass is 10.1. The van der Waals surface area contributed by atoms with Crippen molar-refractivity contribution in [2.45, 2.75) is 16.7 Å². The first-order valence-corrected chi connectivity index (χ1v) is 18.8. The Morgan fingerprint density at radius 3 is 1.26 bits per heavy atom. The van der Waals surface area contributed by atoms with E-state index in [-0.39, 0.29) is 0 Å². The van der Waals surface area contributed by atoms with Crippen LogP contribution in [0.3, 0.4) is 0 Å². The quantitative estimate of drug-likeness (QED) is 0.129. The minimum absolute atomic E-state index is 0.830. The molecule has 0 radical (unpaired) electrons. The van der Waals surface area contributed by atoms with Crippen LogP contribution in [-0.2, 0) is 0 Å². The summed E-state index contributed by atoms with van der Waals surface area (Å²) >= 11 is 9.57. The second kappa shape index (κ2) is 12.0. The molecule has 0 saturated heterocycles. The number of halogens is 1. The van der Waals surface area contributed by atoms with Crippen molar-refractivity contribution >= 4 is 84.5 Å². The average Bonchev–Trinajstić information content (AvgIpc) is 3.11. The molecule has 8 aromatic rings. The highest BCUT2D eigenvalue weighted by molar-refractivity contribution is 7.99. The van der Waals surface area contributed by atoms with Crippen LogP contribution < -0.4 is 20.7 Å². The first kappa shape index (κ1) is 28.8. The van der Waals surface area contributed by atoms with Crippen molar-refractivity contribution in [3.8, 4) is 0 Å². The number of fused-ring (bicyclic) bond motifs is 3. The van der Waals surface area contributed by atoms with Crippen LogP contribution in [0.25, 0.3) is 32.3 Å². The molecule has 0 aliphatic heterocycles. The molecule has 0 aliphatic carbocycles. The second-order valence-corrected chi connectivity index (χ2v) is 16.9. The van der Waals surface area contributed by atoms with E-state index in [4.69, 9.17) is 11.6 Å². The fourth-order valence-corrected chi connectivity index (χ4v) is 14.4. The van der Waals surface area contributed by atoms with Crippen molar-refractivity contribution in [2.75, 3.05) is 0 Å². The minimum Gasteiger partial charge on any atom is -0.0883 e. The number of hydrogen-bond acceptors (Lipinski definition) is 1. The standard InChI is InChI=1S/C43H31ClSSi/c1-30-14-2-9-24-37(30)45-38-25-13-29-42(43(38)44)46(39-26-10-18-31-15-3-6-21-34(31)39,40-27-11-19-32-16-4-7-22-35(32)40)41-28-12-20-33-17-5-8-23-36(33)41/h2-29H,1H3. The highest BCUT2D eigenvalue weighted by Crippen LogP contribution is 2.36. The molecule has 0 atom stereocenters. The van der Waals surface area contributed by atoms with E-state index in [0.717, 1.165) is 9.92 Å². The lowest BCUT2D eigenvalue weighted by Gasteiger charge is -2.38. The number of rotatable bonds is 6. The van der Waals surface area contributed by atoms with E-state index in [1.807, 2.05) is 0 Å². The van der Waals surface area contributed by atoms with E-state index in [1.54, 1.807) is 11.8 Å². The van der Waals surface area contributed by atoms with Crippen LogP contribution in [0, 0.1) is 6.92 Å². The van der Waals surface area contributed by atoms with Gasteiger partial charge in [-0.15, -0.1) is 0 Å². The topological polar surface area (TPSA) is 0 Å². The molecule has 0 bridgehead atoms. The Hall–Kier alpha value is -4.60. The minimum atomic E-state index is -3.15. The third kappa shape index (κ3) is 4.68. The van der Waals surface area contributed by atoms with E-state index in [0.29, 0.717) is 0 Å². The van der Waals surface area contributed by atoms with Gasteiger partial charge < -0.3 is 0 Å². The van der Waals surface area contributed by atoms with Crippen molar-refractivity contribution in [3.63, 3.8) is 0 Å². The van der Waals surface area contributed by atoms with Gasteiger partial charge in [0.05, 0.1) is 5.02 Å². The van der Waals surface area contributed by atoms with Gasteiger partial charge in [0, 0.05) is 9.79 Å². The molecule has 0 aliphatic rings. The Morgan fingerprint density at radius 1 is 0.391 bits per heavy atom. The number of hydrogen-bond donors (Lipinski definition) is 0. The molecule has 0 nitrogen and oxygen atoms in total. The van der Waals surface area contributed by atoms with Crippen molar-refractivity contribution in [3.05, 3.63) is 180 Å². The maximum atomic E-state index is 7.81. The SMILES string of the molecule is Cc1ccccc1Sc1cccc([Si](c2cccc3ccccc23)(c2cccc3ccccc23)c2cccc3ccccc23)c1Cl. The normalized spacial score (nSPS) is 11.8. The molecule has 0 spiro atoms. The zero-order valence-electron chi connectivity index (χ0n) is 25.5. The van der Waals surface area contributed by atoms with Gasteiger partial charge in [-0.1, -0.05) is 181 Å². The number of benzene rings is 8. The Bertz CT molecular complexity index is 2190. The largest absolute Gasteiger partial charge is 0.183 e. The summed E-state index contributed by atoms with van der Waals surface area (Å²) in [5.41, 5.74) is 1.25. The molecular weight excluding hydrogens is 612 g/mol. The average molecular weight is 643 g/mol. The second-order valence-electron chi connectivity index (χ2n) is 11.8. The highest BCUT2D eigenvalue weighted by atomic mass is 35.5.